The van der Waals surface area contributed by atoms with E-state index in [1.807, 2.05) is 23.1 Å². The van der Waals surface area contributed by atoms with E-state index in [9.17, 15) is 24.0 Å². The minimum atomic E-state index is -0.481. The number of thiazole rings is 1. The second-order valence-corrected chi connectivity index (χ2v) is 16.3. The second kappa shape index (κ2) is 12.5. The monoisotopic (exact) mass is 751 g/mol. The third-order valence-electron chi connectivity index (χ3n) is 10.7. The van der Waals surface area contributed by atoms with Crippen molar-refractivity contribution < 1.29 is 28.7 Å². The first-order chi connectivity index (χ1) is 23.2. The summed E-state index contributed by atoms with van der Waals surface area (Å²) in [6.45, 7) is 3.39. The van der Waals surface area contributed by atoms with Gasteiger partial charge in [0, 0.05) is 39.2 Å². The Morgan fingerprint density at radius 2 is 1.71 bits per heavy atom. The van der Waals surface area contributed by atoms with Crippen LogP contribution in [0.25, 0.3) is 0 Å². The quantitative estimate of drug-likeness (QED) is 0.250. The normalized spacial score (nSPS) is 28.7. The number of nitrogens with zero attached hydrogens (tertiary/aromatic N) is 2. The van der Waals surface area contributed by atoms with Crippen LogP contribution in [0.1, 0.15) is 59.3 Å². The summed E-state index contributed by atoms with van der Waals surface area (Å²) in [5.41, 5.74) is 1.67. The minimum absolute atomic E-state index is 0.00343. The first-order valence-electron chi connectivity index (χ1n) is 16.5. The third-order valence-corrected chi connectivity index (χ3v) is 13.8. The summed E-state index contributed by atoms with van der Waals surface area (Å²) in [4.78, 5) is 73.3. The van der Waals surface area contributed by atoms with Gasteiger partial charge in [0.2, 0.25) is 11.8 Å². The fourth-order valence-corrected chi connectivity index (χ4v) is 12.1. The van der Waals surface area contributed by atoms with Crippen LogP contribution in [-0.4, -0.2) is 65.1 Å². The molecule has 8 rings (SSSR count). The Labute approximate surface area is 293 Å². The molecule has 0 radical (unpaired) electrons. The summed E-state index contributed by atoms with van der Waals surface area (Å²) >= 11 is 6.45. The maximum Gasteiger partial charge on any atom is 0.338 e. The molecule has 48 heavy (non-hydrogen) atoms. The highest BCUT2D eigenvalue weighted by Crippen LogP contribution is 2.69. The van der Waals surface area contributed by atoms with Crippen molar-refractivity contribution in [2.45, 2.75) is 48.8 Å². The molecule has 4 heterocycles. The Morgan fingerprint density at radius 1 is 0.979 bits per heavy atom. The van der Waals surface area contributed by atoms with Crippen LogP contribution in [0.5, 0.6) is 5.75 Å². The SMILES string of the molecule is CCOC(=O)c1ccc(N2C(=O)[C@H]3[C@H]4C[C@@H]([C@@H]3C2=O)[C@@H]2[C@H](c3cc(Br)ccc3OCC(=O)N3CCCCC3)c3sc(=O)[nH]c3S[C@H]42)cc1. The molecule has 1 N–H and O–H groups in total. The molecular weight excluding hydrogens is 718 g/mol. The van der Waals surface area contributed by atoms with Crippen molar-refractivity contribution in [1.29, 1.82) is 0 Å². The van der Waals surface area contributed by atoms with E-state index in [1.54, 1.807) is 43.0 Å². The van der Waals surface area contributed by atoms with Crippen LogP contribution in [0.15, 0.2) is 56.8 Å². The zero-order valence-electron chi connectivity index (χ0n) is 26.2. The van der Waals surface area contributed by atoms with Gasteiger partial charge in [0.05, 0.1) is 34.7 Å². The summed E-state index contributed by atoms with van der Waals surface area (Å²) in [6.07, 6.45) is 3.87. The van der Waals surface area contributed by atoms with Crippen molar-refractivity contribution in [3.05, 3.63) is 72.6 Å². The minimum Gasteiger partial charge on any atom is -0.483 e. The number of fused-ring (bicyclic) bond motifs is 9. The number of esters is 1. The molecule has 3 aliphatic heterocycles. The number of halogens is 1. The number of anilines is 1. The van der Waals surface area contributed by atoms with E-state index in [-0.39, 0.29) is 64.7 Å². The van der Waals surface area contributed by atoms with E-state index < -0.39 is 17.8 Å². The van der Waals surface area contributed by atoms with Gasteiger partial charge >= 0.3 is 10.8 Å². The molecule has 2 bridgehead atoms. The van der Waals surface area contributed by atoms with Crippen molar-refractivity contribution in [3.8, 4) is 5.75 Å². The highest BCUT2D eigenvalue weighted by atomic mass is 79.9. The summed E-state index contributed by atoms with van der Waals surface area (Å²) in [7, 11) is 0. The van der Waals surface area contributed by atoms with Crippen molar-refractivity contribution in [1.82, 2.24) is 9.88 Å². The molecule has 7 atom stereocenters. The second-order valence-electron chi connectivity index (χ2n) is 13.2. The maximum absolute atomic E-state index is 14.2. The number of carbonyl (C=O) groups excluding carboxylic acids is 4. The first-order valence-corrected chi connectivity index (χ1v) is 19.0. The topological polar surface area (TPSA) is 126 Å². The van der Waals surface area contributed by atoms with Crippen LogP contribution in [0.4, 0.5) is 5.69 Å². The predicted molar refractivity (Wildman–Crippen MR) is 183 cm³/mol. The number of aromatic nitrogens is 1. The van der Waals surface area contributed by atoms with Crippen molar-refractivity contribution in [3.63, 3.8) is 0 Å². The number of imide groups is 1. The average Bonchev–Trinajstić information content (AvgIpc) is 3.83. The predicted octanol–water partition coefficient (Wildman–Crippen LogP) is 5.44. The van der Waals surface area contributed by atoms with Gasteiger partial charge in [-0.2, -0.15) is 0 Å². The number of aromatic amines is 1. The molecule has 3 amide bonds. The van der Waals surface area contributed by atoms with Gasteiger partial charge in [-0.15, -0.1) is 11.8 Å². The van der Waals surface area contributed by atoms with Crippen LogP contribution in [0, 0.1) is 29.6 Å². The number of H-pyrrole nitrogens is 1. The molecule has 2 aromatic carbocycles. The fourth-order valence-electron chi connectivity index (χ4n) is 8.85. The molecule has 10 nitrogen and oxygen atoms in total. The Bertz CT molecular complexity index is 1870. The summed E-state index contributed by atoms with van der Waals surface area (Å²) in [5.74, 6) is -1.69. The molecule has 0 unspecified atom stereocenters. The van der Waals surface area contributed by atoms with Crippen molar-refractivity contribution in [2.24, 2.45) is 29.6 Å². The largest absolute Gasteiger partial charge is 0.483 e. The number of thioether (sulfide) groups is 1. The lowest BCUT2D eigenvalue weighted by molar-refractivity contribution is -0.134. The fraction of sp³-hybridized carbons (Fsp3) is 0.457. The van der Waals surface area contributed by atoms with Crippen LogP contribution in [-0.2, 0) is 19.1 Å². The van der Waals surface area contributed by atoms with Crippen molar-refractivity contribution >= 4 is 68.4 Å². The molecule has 2 saturated carbocycles. The molecule has 2 saturated heterocycles. The van der Waals surface area contributed by atoms with Gasteiger partial charge in [0.1, 0.15) is 5.75 Å². The Kier molecular flexibility index (Phi) is 8.27. The number of ether oxygens (including phenoxy) is 2. The van der Waals surface area contributed by atoms with Gasteiger partial charge in [-0.05, 0) is 92.8 Å². The number of amides is 3. The summed E-state index contributed by atoms with van der Waals surface area (Å²) in [6, 6.07) is 12.2. The lowest BCUT2D eigenvalue weighted by Gasteiger charge is -2.43. The molecule has 0 spiro atoms. The average molecular weight is 753 g/mol. The van der Waals surface area contributed by atoms with E-state index in [0.29, 0.717) is 17.0 Å². The number of nitrogens with one attached hydrogen (secondary N) is 1. The van der Waals surface area contributed by atoms with E-state index in [1.165, 1.54) is 16.2 Å². The van der Waals surface area contributed by atoms with Crippen LogP contribution < -0.4 is 14.5 Å². The smallest absolute Gasteiger partial charge is 0.338 e. The number of hydrogen-bond donors (Lipinski definition) is 1. The first kappa shape index (κ1) is 31.8. The molecule has 4 fully saturated rings. The number of benzene rings is 2. The summed E-state index contributed by atoms with van der Waals surface area (Å²) < 4.78 is 12.2. The number of likely N-dealkylation sites (tertiary alicyclic amines) is 1. The zero-order chi connectivity index (χ0) is 33.3. The maximum atomic E-state index is 14.2. The van der Waals surface area contributed by atoms with Gasteiger partial charge in [0.15, 0.2) is 6.61 Å². The summed E-state index contributed by atoms with van der Waals surface area (Å²) in [5, 5.41) is 0.808. The molecule has 2 aliphatic carbocycles. The van der Waals surface area contributed by atoms with E-state index in [4.69, 9.17) is 9.47 Å². The van der Waals surface area contributed by atoms with Gasteiger partial charge in [-0.3, -0.25) is 24.1 Å². The van der Waals surface area contributed by atoms with Gasteiger partial charge in [0.25, 0.3) is 5.91 Å². The molecule has 1 aromatic heterocycles. The van der Waals surface area contributed by atoms with Crippen LogP contribution in [0.2, 0.25) is 0 Å². The van der Waals surface area contributed by atoms with Gasteiger partial charge < -0.3 is 19.4 Å². The standard InChI is InChI=1S/C35H34BrN3O7S2/c1-2-45-34(43)17-6-9-19(10-7-17)39-32(41)27-21-15-22(28(27)33(39)42)29-26(21)25(30-31(47-29)37-35(44)48-30)20-14-18(36)8-11-23(20)46-16-24(40)38-12-4-3-5-13-38/h6-11,14,21-22,25-29H,2-5,12-13,15-16H2,1H3,(H,37,44)/t21-,22-,25+,26-,27+,28+,29-/m1/s1. The number of piperidine rings is 1. The van der Waals surface area contributed by atoms with Gasteiger partial charge in [-0.25, -0.2) is 4.79 Å². The Morgan fingerprint density at radius 3 is 2.44 bits per heavy atom. The Balaban J connectivity index is 1.13. The van der Waals surface area contributed by atoms with E-state index in [2.05, 4.69) is 20.9 Å². The molecule has 250 valence electrons. The molecule has 3 aromatic rings. The van der Waals surface area contributed by atoms with Gasteiger partial charge in [-0.1, -0.05) is 27.3 Å². The van der Waals surface area contributed by atoms with E-state index in [0.717, 1.165) is 58.7 Å². The van der Waals surface area contributed by atoms with Crippen LogP contribution >= 0.6 is 39.0 Å². The zero-order valence-corrected chi connectivity index (χ0v) is 29.4. The molecule has 5 aliphatic rings. The third kappa shape index (κ3) is 5.15. The molecule has 13 heteroatoms. The van der Waals surface area contributed by atoms with Crippen molar-refractivity contribution in [2.75, 3.05) is 31.2 Å². The molecular formula is C35H34BrN3O7S2. The number of hydrogen-bond acceptors (Lipinski definition) is 9. The lowest BCUT2D eigenvalue weighted by Crippen LogP contribution is -2.43. The highest BCUT2D eigenvalue weighted by Gasteiger charge is 2.70. The highest BCUT2D eigenvalue weighted by molar-refractivity contribution is 9.10. The number of carbonyl (C=O) groups is 4. The lowest BCUT2D eigenvalue weighted by atomic mass is 9.68. The van der Waals surface area contributed by atoms with Crippen LogP contribution in [0.3, 0.4) is 0 Å². The number of rotatable bonds is 7. The van der Waals surface area contributed by atoms with E-state index >= 15 is 0 Å². The Hall–Kier alpha value is -3.42.